The average Bonchev–Trinajstić information content (AvgIpc) is 2.56. The molecular formula is C22H38O. The average molecular weight is 319 g/mol. The molecule has 0 unspecified atom stereocenters. The zero-order chi connectivity index (χ0) is 16.9. The van der Waals surface area contributed by atoms with Crippen LogP contribution in [0.4, 0.5) is 0 Å². The monoisotopic (exact) mass is 318 g/mol. The molecule has 23 heavy (non-hydrogen) atoms. The van der Waals surface area contributed by atoms with Gasteiger partial charge in [0.2, 0.25) is 0 Å². The van der Waals surface area contributed by atoms with Crippen molar-refractivity contribution >= 4 is 0 Å². The van der Waals surface area contributed by atoms with Crippen molar-refractivity contribution in [2.24, 2.45) is 0 Å². The fourth-order valence-electron chi connectivity index (χ4n) is 3.36. The molecule has 1 N–H and O–H groups in total. The van der Waals surface area contributed by atoms with Crippen LogP contribution in [-0.2, 0) is 19.3 Å². The van der Waals surface area contributed by atoms with E-state index < -0.39 is 0 Å². The van der Waals surface area contributed by atoms with Gasteiger partial charge in [0.25, 0.3) is 0 Å². The van der Waals surface area contributed by atoms with Crippen LogP contribution in [0.3, 0.4) is 0 Å². The smallest absolute Gasteiger partial charge is 0.119 e. The van der Waals surface area contributed by atoms with Gasteiger partial charge in [-0.25, -0.2) is 0 Å². The van der Waals surface area contributed by atoms with E-state index in [-0.39, 0.29) is 0 Å². The first-order valence-corrected chi connectivity index (χ1v) is 10.1. The van der Waals surface area contributed by atoms with Gasteiger partial charge in [0.15, 0.2) is 0 Å². The van der Waals surface area contributed by atoms with Crippen LogP contribution in [0, 0.1) is 0 Å². The maximum Gasteiger partial charge on any atom is 0.119 e. The summed E-state index contributed by atoms with van der Waals surface area (Å²) in [5.74, 6) is 0.532. The third kappa shape index (κ3) is 7.42. The van der Waals surface area contributed by atoms with E-state index in [0.717, 1.165) is 12.8 Å². The summed E-state index contributed by atoms with van der Waals surface area (Å²) in [6.07, 6.45) is 16.2. The molecule has 0 heterocycles. The summed E-state index contributed by atoms with van der Waals surface area (Å²) in [7, 11) is 0. The second-order valence-electron chi connectivity index (χ2n) is 6.93. The van der Waals surface area contributed by atoms with E-state index in [1.165, 1.54) is 87.3 Å². The first-order valence-electron chi connectivity index (χ1n) is 10.1. The lowest BCUT2D eigenvalue weighted by Gasteiger charge is -2.16. The number of unbranched alkanes of at least 4 members (excludes halogenated alkanes) is 7. The van der Waals surface area contributed by atoms with Crippen molar-refractivity contribution in [1.29, 1.82) is 0 Å². The minimum absolute atomic E-state index is 0.532. The maximum atomic E-state index is 10.4. The molecule has 0 amide bonds. The number of hydrogen-bond donors (Lipinski definition) is 1. The van der Waals surface area contributed by atoms with Crippen molar-refractivity contribution in [3.8, 4) is 5.75 Å². The van der Waals surface area contributed by atoms with E-state index in [4.69, 9.17) is 0 Å². The van der Waals surface area contributed by atoms with Crippen LogP contribution in [-0.4, -0.2) is 5.11 Å². The molecular weight excluding hydrogens is 280 g/mol. The fraction of sp³-hybridized carbons (Fsp3) is 0.727. The number of phenolic OH excluding ortho intramolecular Hbond substituents is 1. The Kier molecular flexibility index (Phi) is 10.9. The van der Waals surface area contributed by atoms with E-state index in [1.54, 1.807) is 0 Å². The quantitative estimate of drug-likeness (QED) is 0.389. The molecule has 1 aromatic rings. The summed E-state index contributed by atoms with van der Waals surface area (Å²) < 4.78 is 0. The van der Waals surface area contributed by atoms with Gasteiger partial charge in [-0.2, -0.15) is 0 Å². The molecule has 0 bridgehead atoms. The van der Waals surface area contributed by atoms with Gasteiger partial charge in [-0.05, 0) is 61.3 Å². The lowest BCUT2D eigenvalue weighted by molar-refractivity contribution is 0.463. The Morgan fingerprint density at radius 1 is 0.609 bits per heavy atom. The van der Waals surface area contributed by atoms with Crippen molar-refractivity contribution in [2.45, 2.75) is 104 Å². The Balaban J connectivity index is 2.72. The SMILES string of the molecule is CCCCCCCCc1c(O)ccc(CCCC)c1CCCC. The predicted molar refractivity (Wildman–Crippen MR) is 102 cm³/mol. The second kappa shape index (κ2) is 12.4. The molecule has 0 radical (unpaired) electrons. The topological polar surface area (TPSA) is 20.2 Å². The molecule has 1 rings (SSSR count). The number of phenols is 1. The fourth-order valence-corrected chi connectivity index (χ4v) is 3.36. The van der Waals surface area contributed by atoms with Crippen molar-refractivity contribution in [2.75, 3.05) is 0 Å². The van der Waals surface area contributed by atoms with Crippen molar-refractivity contribution in [1.82, 2.24) is 0 Å². The highest BCUT2D eigenvalue weighted by atomic mass is 16.3. The first kappa shape index (κ1) is 20.1. The maximum absolute atomic E-state index is 10.4. The molecule has 0 spiro atoms. The van der Waals surface area contributed by atoms with Gasteiger partial charge >= 0.3 is 0 Å². The van der Waals surface area contributed by atoms with E-state index in [2.05, 4.69) is 26.8 Å². The summed E-state index contributed by atoms with van der Waals surface area (Å²) >= 11 is 0. The summed E-state index contributed by atoms with van der Waals surface area (Å²) in [6.45, 7) is 6.77. The van der Waals surface area contributed by atoms with Gasteiger partial charge in [-0.3, -0.25) is 0 Å². The van der Waals surface area contributed by atoms with Crippen LogP contribution in [0.5, 0.6) is 5.75 Å². The van der Waals surface area contributed by atoms with Crippen molar-refractivity contribution < 1.29 is 5.11 Å². The highest BCUT2D eigenvalue weighted by Crippen LogP contribution is 2.29. The molecule has 0 aliphatic rings. The highest BCUT2D eigenvalue weighted by Gasteiger charge is 2.12. The largest absolute Gasteiger partial charge is 0.508 e. The van der Waals surface area contributed by atoms with E-state index in [1.807, 2.05) is 6.07 Å². The third-order valence-electron chi connectivity index (χ3n) is 4.86. The van der Waals surface area contributed by atoms with Gasteiger partial charge in [0.05, 0.1) is 0 Å². The van der Waals surface area contributed by atoms with Crippen LogP contribution >= 0.6 is 0 Å². The normalized spacial score (nSPS) is 11.1. The van der Waals surface area contributed by atoms with Gasteiger partial charge in [0.1, 0.15) is 5.75 Å². The molecule has 0 saturated heterocycles. The molecule has 1 aromatic carbocycles. The summed E-state index contributed by atoms with van der Waals surface area (Å²) in [4.78, 5) is 0. The predicted octanol–water partition coefficient (Wildman–Crippen LogP) is 6.98. The van der Waals surface area contributed by atoms with E-state index in [9.17, 15) is 5.11 Å². The molecule has 1 nitrogen and oxygen atoms in total. The Labute approximate surface area is 144 Å². The first-order chi connectivity index (χ1) is 11.2. The molecule has 0 atom stereocenters. The molecule has 0 saturated carbocycles. The standard InChI is InChI=1S/C22H38O/c1-4-7-10-11-12-13-16-21-20(15-9-6-3)19(14-8-5-2)17-18-22(21)23/h17-18,23H,4-16H2,1-3H3. The van der Waals surface area contributed by atoms with Crippen LogP contribution < -0.4 is 0 Å². The Morgan fingerprint density at radius 2 is 1.17 bits per heavy atom. The number of aryl methyl sites for hydroxylation is 1. The molecule has 0 aliphatic heterocycles. The van der Waals surface area contributed by atoms with Gasteiger partial charge in [-0.1, -0.05) is 71.8 Å². The van der Waals surface area contributed by atoms with Crippen LogP contribution in [0.2, 0.25) is 0 Å². The summed E-state index contributed by atoms with van der Waals surface area (Å²) in [6, 6.07) is 4.10. The molecule has 0 fully saturated rings. The zero-order valence-corrected chi connectivity index (χ0v) is 15.8. The third-order valence-corrected chi connectivity index (χ3v) is 4.86. The van der Waals surface area contributed by atoms with Crippen molar-refractivity contribution in [3.05, 3.63) is 28.8 Å². The van der Waals surface area contributed by atoms with E-state index >= 15 is 0 Å². The molecule has 0 aromatic heterocycles. The Morgan fingerprint density at radius 3 is 1.87 bits per heavy atom. The lowest BCUT2D eigenvalue weighted by Crippen LogP contribution is -2.02. The van der Waals surface area contributed by atoms with Crippen LogP contribution in [0.25, 0.3) is 0 Å². The Hall–Kier alpha value is -0.980. The highest BCUT2D eigenvalue weighted by molar-refractivity contribution is 5.45. The molecule has 132 valence electrons. The van der Waals surface area contributed by atoms with Crippen molar-refractivity contribution in [3.63, 3.8) is 0 Å². The summed E-state index contributed by atoms with van der Waals surface area (Å²) in [5, 5.41) is 10.4. The molecule has 1 heteroatoms. The Bertz CT molecular complexity index is 422. The van der Waals surface area contributed by atoms with Crippen LogP contribution in [0.1, 0.15) is 102 Å². The second-order valence-corrected chi connectivity index (χ2v) is 6.93. The minimum atomic E-state index is 0.532. The van der Waals surface area contributed by atoms with Crippen LogP contribution in [0.15, 0.2) is 12.1 Å². The van der Waals surface area contributed by atoms with E-state index in [0.29, 0.717) is 5.75 Å². The molecule has 0 aliphatic carbocycles. The van der Waals surface area contributed by atoms with Gasteiger partial charge in [-0.15, -0.1) is 0 Å². The number of benzene rings is 1. The minimum Gasteiger partial charge on any atom is -0.508 e. The number of aromatic hydroxyl groups is 1. The summed E-state index contributed by atoms with van der Waals surface area (Å²) in [5.41, 5.74) is 4.20. The zero-order valence-electron chi connectivity index (χ0n) is 15.8. The van der Waals surface area contributed by atoms with Gasteiger partial charge in [0, 0.05) is 0 Å². The number of hydrogen-bond acceptors (Lipinski definition) is 1. The number of rotatable bonds is 13. The lowest BCUT2D eigenvalue weighted by atomic mass is 9.90. The van der Waals surface area contributed by atoms with Gasteiger partial charge < -0.3 is 5.11 Å².